The molecule has 0 fully saturated rings. The van der Waals surface area contributed by atoms with Crippen molar-refractivity contribution in [1.29, 1.82) is 0 Å². The van der Waals surface area contributed by atoms with Crippen LogP contribution in [0.5, 0.6) is 5.75 Å². The number of hydrogen-bond donors (Lipinski definition) is 0. The van der Waals surface area contributed by atoms with Crippen LogP contribution < -0.4 is 4.74 Å². The molecule has 0 spiro atoms. The molecule has 3 nitrogen and oxygen atoms in total. The molecule has 0 saturated heterocycles. The molecule has 1 aromatic heterocycles. The first-order chi connectivity index (χ1) is 7.90. The van der Waals surface area contributed by atoms with Gasteiger partial charge in [0.15, 0.2) is 4.88 Å². The second-order valence-corrected chi connectivity index (χ2v) is 5.76. The van der Waals surface area contributed by atoms with E-state index in [1.54, 1.807) is 6.92 Å². The van der Waals surface area contributed by atoms with Gasteiger partial charge in [-0.2, -0.15) is 0 Å². The normalized spacial score (nSPS) is 11.4. The van der Waals surface area contributed by atoms with Crippen molar-refractivity contribution in [2.45, 2.75) is 40.0 Å². The number of rotatable bonds is 4. The van der Waals surface area contributed by atoms with Crippen molar-refractivity contribution in [3.05, 3.63) is 15.8 Å². The minimum atomic E-state index is -0.295. The SMILES string of the molecule is CCOC(=O)c1sc(C(C)(C)C)cc1OCC. The van der Waals surface area contributed by atoms with E-state index in [0.717, 1.165) is 4.88 Å². The highest BCUT2D eigenvalue weighted by molar-refractivity contribution is 7.14. The van der Waals surface area contributed by atoms with Crippen LogP contribution in [0.15, 0.2) is 6.07 Å². The molecule has 17 heavy (non-hydrogen) atoms. The van der Waals surface area contributed by atoms with Crippen LogP contribution in [-0.4, -0.2) is 19.2 Å². The van der Waals surface area contributed by atoms with E-state index in [-0.39, 0.29) is 11.4 Å². The lowest BCUT2D eigenvalue weighted by Crippen LogP contribution is -2.08. The number of esters is 1. The molecule has 1 rings (SSSR count). The van der Waals surface area contributed by atoms with Gasteiger partial charge in [-0.15, -0.1) is 11.3 Å². The maximum Gasteiger partial charge on any atom is 0.352 e. The van der Waals surface area contributed by atoms with Crippen LogP contribution in [-0.2, 0) is 10.2 Å². The van der Waals surface area contributed by atoms with Crippen molar-refractivity contribution < 1.29 is 14.3 Å². The van der Waals surface area contributed by atoms with E-state index in [0.29, 0.717) is 23.8 Å². The lowest BCUT2D eigenvalue weighted by Gasteiger charge is -2.14. The Bertz CT molecular complexity index is 388. The summed E-state index contributed by atoms with van der Waals surface area (Å²) < 4.78 is 10.5. The highest BCUT2D eigenvalue weighted by atomic mass is 32.1. The van der Waals surface area contributed by atoms with Crippen molar-refractivity contribution in [2.75, 3.05) is 13.2 Å². The molecule has 96 valence electrons. The Morgan fingerprint density at radius 3 is 2.41 bits per heavy atom. The molecular weight excluding hydrogens is 236 g/mol. The average Bonchev–Trinajstić information content (AvgIpc) is 2.62. The van der Waals surface area contributed by atoms with E-state index < -0.39 is 0 Å². The summed E-state index contributed by atoms with van der Waals surface area (Å²) in [7, 11) is 0. The molecule has 0 aromatic carbocycles. The number of hydrogen-bond acceptors (Lipinski definition) is 4. The van der Waals surface area contributed by atoms with Crippen LogP contribution >= 0.6 is 11.3 Å². The first-order valence-electron chi connectivity index (χ1n) is 5.84. The molecule has 0 amide bonds. The Balaban J connectivity index is 3.09. The maximum absolute atomic E-state index is 11.8. The Morgan fingerprint density at radius 2 is 1.94 bits per heavy atom. The van der Waals surface area contributed by atoms with Crippen molar-refractivity contribution in [2.24, 2.45) is 0 Å². The molecule has 0 aliphatic carbocycles. The Hall–Kier alpha value is -1.03. The molecule has 1 heterocycles. The lowest BCUT2D eigenvalue weighted by molar-refractivity contribution is 0.0528. The molecule has 0 aliphatic rings. The number of carbonyl (C=O) groups excluding carboxylic acids is 1. The Labute approximate surface area is 107 Å². The fourth-order valence-electron chi connectivity index (χ4n) is 1.35. The zero-order valence-electron chi connectivity index (χ0n) is 11.1. The molecule has 1 aromatic rings. The molecule has 0 aliphatic heterocycles. The fourth-order valence-corrected chi connectivity index (χ4v) is 2.40. The topological polar surface area (TPSA) is 35.5 Å². The number of carbonyl (C=O) groups is 1. The fraction of sp³-hybridized carbons (Fsp3) is 0.615. The summed E-state index contributed by atoms with van der Waals surface area (Å²) in [5.74, 6) is 0.345. The second kappa shape index (κ2) is 5.54. The van der Waals surface area contributed by atoms with Crippen LogP contribution in [0.4, 0.5) is 0 Å². The van der Waals surface area contributed by atoms with Crippen molar-refractivity contribution in [3.8, 4) is 5.75 Å². The molecule has 0 bridgehead atoms. The van der Waals surface area contributed by atoms with Crippen molar-refractivity contribution in [1.82, 2.24) is 0 Å². The zero-order chi connectivity index (χ0) is 13.1. The highest BCUT2D eigenvalue weighted by Gasteiger charge is 2.24. The van der Waals surface area contributed by atoms with Crippen molar-refractivity contribution in [3.63, 3.8) is 0 Å². The summed E-state index contributed by atoms with van der Waals surface area (Å²) in [4.78, 5) is 13.5. The van der Waals surface area contributed by atoms with Gasteiger partial charge in [-0.25, -0.2) is 4.79 Å². The molecule has 4 heteroatoms. The van der Waals surface area contributed by atoms with Crippen LogP contribution in [0.25, 0.3) is 0 Å². The lowest BCUT2D eigenvalue weighted by atomic mass is 9.95. The van der Waals surface area contributed by atoms with E-state index in [4.69, 9.17) is 9.47 Å². The Morgan fingerprint density at radius 1 is 1.29 bits per heavy atom. The minimum absolute atomic E-state index is 0.0151. The quantitative estimate of drug-likeness (QED) is 0.772. The largest absolute Gasteiger partial charge is 0.492 e. The maximum atomic E-state index is 11.8. The van der Waals surface area contributed by atoms with E-state index >= 15 is 0 Å². The van der Waals surface area contributed by atoms with Gasteiger partial charge in [-0.1, -0.05) is 20.8 Å². The molecule has 0 radical (unpaired) electrons. The Kier molecular flexibility index (Phi) is 4.57. The van der Waals surface area contributed by atoms with E-state index in [2.05, 4.69) is 20.8 Å². The standard InChI is InChI=1S/C13H20O3S/c1-6-15-9-8-10(13(3,4)5)17-11(9)12(14)16-7-2/h8H,6-7H2,1-5H3. The van der Waals surface area contributed by atoms with Crippen LogP contribution in [0.1, 0.15) is 49.2 Å². The van der Waals surface area contributed by atoms with Gasteiger partial charge >= 0.3 is 5.97 Å². The molecule has 0 saturated carbocycles. The molecular formula is C13H20O3S. The van der Waals surface area contributed by atoms with Crippen molar-refractivity contribution >= 4 is 17.3 Å². The molecule has 0 N–H and O–H groups in total. The third-order valence-corrected chi connectivity index (χ3v) is 3.72. The predicted octanol–water partition coefficient (Wildman–Crippen LogP) is 3.62. The molecule has 0 unspecified atom stereocenters. The van der Waals surface area contributed by atoms with E-state index in [1.165, 1.54) is 11.3 Å². The van der Waals surface area contributed by atoms with Crippen LogP contribution in [0, 0.1) is 0 Å². The average molecular weight is 256 g/mol. The van der Waals surface area contributed by atoms with Gasteiger partial charge in [-0.05, 0) is 25.3 Å². The number of thiophene rings is 1. The van der Waals surface area contributed by atoms with Gasteiger partial charge in [0.05, 0.1) is 13.2 Å². The van der Waals surface area contributed by atoms with Gasteiger partial charge in [0.25, 0.3) is 0 Å². The third-order valence-electron chi connectivity index (χ3n) is 2.20. The zero-order valence-corrected chi connectivity index (χ0v) is 11.9. The van der Waals surface area contributed by atoms with Gasteiger partial charge < -0.3 is 9.47 Å². The smallest absolute Gasteiger partial charge is 0.352 e. The summed E-state index contributed by atoms with van der Waals surface area (Å²) in [6.07, 6.45) is 0. The first kappa shape index (κ1) is 14.0. The van der Waals surface area contributed by atoms with E-state index in [1.807, 2.05) is 13.0 Å². The van der Waals surface area contributed by atoms with Gasteiger partial charge in [0.2, 0.25) is 0 Å². The summed E-state index contributed by atoms with van der Waals surface area (Å²) in [6.45, 7) is 11.0. The third kappa shape index (κ3) is 3.46. The minimum Gasteiger partial charge on any atom is -0.492 e. The highest BCUT2D eigenvalue weighted by Crippen LogP contribution is 2.37. The predicted molar refractivity (Wildman–Crippen MR) is 70.1 cm³/mol. The van der Waals surface area contributed by atoms with Crippen LogP contribution in [0.2, 0.25) is 0 Å². The van der Waals surface area contributed by atoms with Gasteiger partial charge in [-0.3, -0.25) is 0 Å². The van der Waals surface area contributed by atoms with Gasteiger partial charge in [0.1, 0.15) is 5.75 Å². The number of ether oxygens (including phenoxy) is 2. The molecule has 0 atom stereocenters. The first-order valence-corrected chi connectivity index (χ1v) is 6.66. The summed E-state index contributed by atoms with van der Waals surface area (Å²) in [6, 6.07) is 1.94. The summed E-state index contributed by atoms with van der Waals surface area (Å²) in [5, 5.41) is 0. The summed E-state index contributed by atoms with van der Waals surface area (Å²) >= 11 is 1.45. The van der Waals surface area contributed by atoms with Crippen LogP contribution in [0.3, 0.4) is 0 Å². The second-order valence-electron chi connectivity index (χ2n) is 4.71. The van der Waals surface area contributed by atoms with E-state index in [9.17, 15) is 4.79 Å². The van der Waals surface area contributed by atoms with Gasteiger partial charge in [0, 0.05) is 4.88 Å². The summed E-state index contributed by atoms with van der Waals surface area (Å²) in [5.41, 5.74) is 0.0151. The monoisotopic (exact) mass is 256 g/mol.